The minimum absolute atomic E-state index is 0.0367. The summed E-state index contributed by atoms with van der Waals surface area (Å²) in [5.41, 5.74) is 2.37. The molecule has 5 nitrogen and oxygen atoms in total. The summed E-state index contributed by atoms with van der Waals surface area (Å²) in [5.74, 6) is -0.338. The van der Waals surface area contributed by atoms with Crippen LogP contribution in [-0.4, -0.2) is 31.7 Å². The van der Waals surface area contributed by atoms with E-state index in [0.29, 0.717) is 36.6 Å². The van der Waals surface area contributed by atoms with Gasteiger partial charge in [0.05, 0.1) is 5.75 Å². The van der Waals surface area contributed by atoms with Crippen LogP contribution in [0.15, 0.2) is 46.9 Å². The van der Waals surface area contributed by atoms with Crippen molar-refractivity contribution in [3.63, 3.8) is 0 Å². The first-order valence-electron chi connectivity index (χ1n) is 9.04. The Morgan fingerprint density at radius 3 is 2.61 bits per heavy atom. The number of benzene rings is 2. The molecule has 0 atom stereocenters. The largest absolute Gasteiger partial charge is 0.326 e. The van der Waals surface area contributed by atoms with Gasteiger partial charge in [0.25, 0.3) is 0 Å². The van der Waals surface area contributed by atoms with E-state index in [0.717, 1.165) is 15.6 Å². The summed E-state index contributed by atoms with van der Waals surface area (Å²) in [4.78, 5) is 12.6. The molecule has 0 spiro atoms. The molecule has 1 saturated heterocycles. The lowest BCUT2D eigenvalue weighted by Gasteiger charge is -2.30. The molecular weight excluding hydrogens is 464 g/mol. The molecule has 8 heteroatoms. The van der Waals surface area contributed by atoms with Crippen molar-refractivity contribution in [3.05, 3.63) is 63.1 Å². The number of hydrogen-bond donors (Lipinski definition) is 1. The Hall–Kier alpha value is -1.41. The molecule has 0 bridgehead atoms. The van der Waals surface area contributed by atoms with E-state index >= 15 is 0 Å². The van der Waals surface area contributed by atoms with Crippen molar-refractivity contribution >= 4 is 49.1 Å². The van der Waals surface area contributed by atoms with Gasteiger partial charge in [-0.3, -0.25) is 4.79 Å². The van der Waals surface area contributed by atoms with Crippen LogP contribution in [0.3, 0.4) is 0 Å². The second-order valence-corrected chi connectivity index (χ2v) is 10.3. The molecule has 1 N–H and O–H groups in total. The van der Waals surface area contributed by atoms with Crippen molar-refractivity contribution in [2.45, 2.75) is 25.5 Å². The zero-order chi connectivity index (χ0) is 20.3. The van der Waals surface area contributed by atoms with Crippen molar-refractivity contribution < 1.29 is 13.2 Å². The number of halogens is 2. The van der Waals surface area contributed by atoms with Crippen molar-refractivity contribution in [2.75, 3.05) is 18.4 Å². The smallest absolute Gasteiger partial charge is 0.227 e. The summed E-state index contributed by atoms with van der Waals surface area (Å²) in [6.07, 6.45) is 1.01. The molecule has 1 amide bonds. The number of carbonyl (C=O) groups excluding carboxylic acids is 1. The van der Waals surface area contributed by atoms with Gasteiger partial charge in [0.1, 0.15) is 0 Å². The fraction of sp³-hybridized carbons (Fsp3) is 0.350. The molecule has 1 aliphatic rings. The van der Waals surface area contributed by atoms with Gasteiger partial charge in [-0.1, -0.05) is 45.7 Å². The quantitative estimate of drug-likeness (QED) is 0.673. The monoisotopic (exact) mass is 484 g/mol. The Kier molecular flexibility index (Phi) is 6.81. The van der Waals surface area contributed by atoms with Crippen LogP contribution in [0, 0.1) is 12.8 Å². The maximum atomic E-state index is 12.7. The van der Waals surface area contributed by atoms with E-state index in [1.165, 1.54) is 4.31 Å². The van der Waals surface area contributed by atoms with Gasteiger partial charge >= 0.3 is 0 Å². The molecule has 1 heterocycles. The minimum atomic E-state index is -3.41. The van der Waals surface area contributed by atoms with Gasteiger partial charge in [-0.2, -0.15) is 0 Å². The zero-order valence-electron chi connectivity index (χ0n) is 15.5. The third-order valence-corrected chi connectivity index (χ3v) is 7.49. The van der Waals surface area contributed by atoms with Crippen LogP contribution in [0.4, 0.5) is 5.69 Å². The Balaban J connectivity index is 1.59. The topological polar surface area (TPSA) is 66.5 Å². The molecule has 1 aliphatic heterocycles. The van der Waals surface area contributed by atoms with Gasteiger partial charge < -0.3 is 5.32 Å². The SMILES string of the molecule is Cc1ccc(Cl)cc1NC(=O)C1CCN(S(=O)(=O)Cc2cccc(Br)c2)CC1. The maximum absolute atomic E-state index is 12.7. The van der Waals surface area contributed by atoms with E-state index in [2.05, 4.69) is 21.2 Å². The number of nitrogens with zero attached hydrogens (tertiary/aromatic N) is 1. The van der Waals surface area contributed by atoms with Gasteiger partial charge in [0.2, 0.25) is 15.9 Å². The predicted octanol–water partition coefficient (Wildman–Crippen LogP) is 4.59. The average Bonchev–Trinajstić information content (AvgIpc) is 2.64. The molecular formula is C20H22BrClN2O3S. The Morgan fingerprint density at radius 1 is 1.21 bits per heavy atom. The fourth-order valence-corrected chi connectivity index (χ4v) is 5.46. The highest BCUT2D eigenvalue weighted by atomic mass is 79.9. The number of piperidine rings is 1. The molecule has 0 unspecified atom stereocenters. The van der Waals surface area contributed by atoms with Crippen LogP contribution in [0.2, 0.25) is 5.02 Å². The normalized spacial score (nSPS) is 16.1. The lowest BCUT2D eigenvalue weighted by molar-refractivity contribution is -0.120. The van der Waals surface area contributed by atoms with E-state index in [-0.39, 0.29) is 17.6 Å². The minimum Gasteiger partial charge on any atom is -0.326 e. The predicted molar refractivity (Wildman–Crippen MR) is 116 cm³/mol. The number of hydrogen-bond acceptors (Lipinski definition) is 3. The van der Waals surface area contributed by atoms with Crippen molar-refractivity contribution in [1.82, 2.24) is 4.31 Å². The number of carbonyl (C=O) groups is 1. The van der Waals surface area contributed by atoms with Gasteiger partial charge in [0, 0.05) is 34.2 Å². The van der Waals surface area contributed by atoms with Crippen LogP contribution in [0.5, 0.6) is 0 Å². The summed E-state index contributed by atoms with van der Waals surface area (Å²) in [6, 6.07) is 12.7. The van der Waals surface area contributed by atoms with Crippen molar-refractivity contribution in [3.8, 4) is 0 Å². The number of nitrogens with one attached hydrogen (secondary N) is 1. The molecule has 0 radical (unpaired) electrons. The highest BCUT2D eigenvalue weighted by Gasteiger charge is 2.31. The average molecular weight is 486 g/mol. The maximum Gasteiger partial charge on any atom is 0.227 e. The second kappa shape index (κ2) is 8.95. The summed E-state index contributed by atoms with van der Waals surface area (Å²) in [6.45, 7) is 2.61. The third-order valence-electron chi connectivity index (χ3n) is 4.91. The molecule has 0 aromatic heterocycles. The van der Waals surface area contributed by atoms with Gasteiger partial charge in [-0.15, -0.1) is 0 Å². The molecule has 1 fully saturated rings. The molecule has 28 heavy (non-hydrogen) atoms. The second-order valence-electron chi connectivity index (χ2n) is 7.01. The standard InChI is InChI=1S/C20H22BrClN2O3S/c1-14-5-6-18(22)12-19(14)23-20(25)16-7-9-24(10-8-16)28(26,27)13-15-3-2-4-17(21)11-15/h2-6,11-12,16H,7-10,13H2,1H3,(H,23,25). The lowest BCUT2D eigenvalue weighted by atomic mass is 9.97. The molecule has 2 aromatic rings. The summed E-state index contributed by atoms with van der Waals surface area (Å²) >= 11 is 9.37. The molecule has 0 saturated carbocycles. The fourth-order valence-electron chi connectivity index (χ4n) is 3.29. The first-order valence-corrected chi connectivity index (χ1v) is 11.8. The van der Waals surface area contributed by atoms with Gasteiger partial charge in [-0.25, -0.2) is 12.7 Å². The lowest BCUT2D eigenvalue weighted by Crippen LogP contribution is -2.41. The zero-order valence-corrected chi connectivity index (χ0v) is 18.6. The molecule has 3 rings (SSSR count). The van der Waals surface area contributed by atoms with Crippen LogP contribution >= 0.6 is 27.5 Å². The Morgan fingerprint density at radius 2 is 1.93 bits per heavy atom. The summed E-state index contributed by atoms with van der Waals surface area (Å²) in [5, 5.41) is 3.49. The highest BCUT2D eigenvalue weighted by Crippen LogP contribution is 2.25. The number of anilines is 1. The number of amides is 1. The molecule has 0 aliphatic carbocycles. The van der Waals surface area contributed by atoms with Crippen LogP contribution in [0.25, 0.3) is 0 Å². The van der Waals surface area contributed by atoms with Crippen LogP contribution < -0.4 is 5.32 Å². The first kappa shape index (κ1) is 21.3. The van der Waals surface area contributed by atoms with E-state index in [1.807, 2.05) is 31.2 Å². The Labute approximate surface area is 179 Å². The van der Waals surface area contributed by atoms with Crippen LogP contribution in [0.1, 0.15) is 24.0 Å². The molecule has 150 valence electrons. The van der Waals surface area contributed by atoms with Crippen molar-refractivity contribution in [1.29, 1.82) is 0 Å². The van der Waals surface area contributed by atoms with Gasteiger partial charge in [-0.05, 0) is 55.2 Å². The Bertz CT molecular complexity index is 973. The van der Waals surface area contributed by atoms with E-state index in [1.54, 1.807) is 18.2 Å². The summed E-state index contributed by atoms with van der Waals surface area (Å²) < 4.78 is 27.8. The number of sulfonamides is 1. The van der Waals surface area contributed by atoms with Crippen LogP contribution in [-0.2, 0) is 20.6 Å². The summed E-state index contributed by atoms with van der Waals surface area (Å²) in [7, 11) is -3.41. The first-order chi connectivity index (χ1) is 13.2. The van der Waals surface area contributed by atoms with E-state index in [9.17, 15) is 13.2 Å². The molecule has 2 aromatic carbocycles. The van der Waals surface area contributed by atoms with E-state index in [4.69, 9.17) is 11.6 Å². The number of aryl methyl sites for hydroxylation is 1. The number of rotatable bonds is 5. The highest BCUT2D eigenvalue weighted by molar-refractivity contribution is 9.10. The third kappa shape index (κ3) is 5.35. The van der Waals surface area contributed by atoms with E-state index < -0.39 is 10.0 Å². The van der Waals surface area contributed by atoms with Gasteiger partial charge in [0.15, 0.2) is 0 Å². The van der Waals surface area contributed by atoms with Crippen molar-refractivity contribution in [2.24, 2.45) is 5.92 Å².